The summed E-state index contributed by atoms with van der Waals surface area (Å²) in [6, 6.07) is 34.2. The molecule has 0 aromatic heterocycles. The van der Waals surface area contributed by atoms with Crippen LogP contribution in [0.2, 0.25) is 0 Å². The summed E-state index contributed by atoms with van der Waals surface area (Å²) in [6.07, 6.45) is 2.14. The fraction of sp³-hybridized carbons (Fsp3) is 0.133. The number of hydrogen-bond donors (Lipinski definition) is 0. The van der Waals surface area contributed by atoms with Gasteiger partial charge in [-0.05, 0) is 48.3 Å². The minimum Gasteiger partial charge on any atom is -0.340 e. The lowest BCUT2D eigenvalue weighted by Crippen LogP contribution is -2.65. The van der Waals surface area contributed by atoms with Crippen molar-refractivity contribution in [3.05, 3.63) is 120 Å². The molecule has 4 bridgehead atoms. The van der Waals surface area contributed by atoms with Crippen molar-refractivity contribution in [1.29, 1.82) is 0 Å². The number of ether oxygens (including phenoxy) is 2. The second-order valence-electron chi connectivity index (χ2n) is 9.48. The number of para-hydroxylation sites is 3. The van der Waals surface area contributed by atoms with E-state index in [4.69, 9.17) is 9.47 Å². The lowest BCUT2D eigenvalue weighted by molar-refractivity contribution is -0.857. The molecule has 1 atom stereocenters. The lowest BCUT2D eigenvalue weighted by atomic mass is 9.75. The molecule has 0 unspecified atom stereocenters. The summed E-state index contributed by atoms with van der Waals surface area (Å²) in [6.45, 7) is 4.57. The number of fused-ring (bicyclic) bond motifs is 3. The Hall–Kier alpha value is -4.18. The molecule has 4 aromatic carbocycles. The normalized spacial score (nSPS) is 20.9. The van der Waals surface area contributed by atoms with Gasteiger partial charge in [0.2, 0.25) is 17.1 Å². The van der Waals surface area contributed by atoms with E-state index in [0.29, 0.717) is 0 Å². The van der Waals surface area contributed by atoms with E-state index in [0.717, 1.165) is 39.7 Å². The summed E-state index contributed by atoms with van der Waals surface area (Å²) in [5.74, 6) is 1.62. The molecule has 0 saturated heterocycles. The molecular weight excluding hydrogens is 420 g/mol. The molecule has 0 aliphatic carbocycles. The van der Waals surface area contributed by atoms with Crippen molar-refractivity contribution >= 4 is 23.3 Å². The molecule has 3 aliphatic heterocycles. The zero-order valence-corrected chi connectivity index (χ0v) is 19.1. The van der Waals surface area contributed by atoms with Gasteiger partial charge in [0.1, 0.15) is 0 Å². The first-order valence-electron chi connectivity index (χ1n) is 11.6. The van der Waals surface area contributed by atoms with E-state index < -0.39 is 6.03 Å². The molecule has 164 valence electrons. The number of nitrogens with zero attached hydrogens (tertiary/aromatic N) is 2. The van der Waals surface area contributed by atoms with E-state index in [1.54, 1.807) is 0 Å². The van der Waals surface area contributed by atoms with Crippen LogP contribution in [0.5, 0.6) is 11.5 Å². The molecule has 3 heterocycles. The monoisotopic (exact) mass is 444 g/mol. The average Bonchev–Trinajstić information content (AvgIpc) is 2.87. The molecule has 0 radical (unpaired) electrons. The zero-order chi connectivity index (χ0) is 22.9. The van der Waals surface area contributed by atoms with Crippen LogP contribution >= 0.6 is 0 Å². The van der Waals surface area contributed by atoms with E-state index in [1.807, 2.05) is 36.4 Å². The quantitative estimate of drug-likeness (QED) is 0.356. The summed E-state index contributed by atoms with van der Waals surface area (Å²) >= 11 is 0. The average molecular weight is 445 g/mol. The van der Waals surface area contributed by atoms with Crippen LogP contribution in [0.25, 0.3) is 0 Å². The standard InChI is InChI=1S/C30H24N2O2/c1-29(2)22-18-17-21-20-31(23-11-5-3-6-12-23)30(34-27(21)19-22)32(24-13-7-4-8-14-24)28(29)25-15-9-10-16-26(25)33-30/h3-20H,1-2H3/q+2/t30-/m0/s1. The number of hydrogen-bond acceptors (Lipinski definition) is 2. The number of benzene rings is 4. The van der Waals surface area contributed by atoms with Gasteiger partial charge in [-0.15, -0.1) is 0 Å². The van der Waals surface area contributed by atoms with E-state index in [9.17, 15) is 0 Å². The highest BCUT2D eigenvalue weighted by Crippen LogP contribution is 2.47. The molecule has 4 heteroatoms. The molecule has 3 aliphatic rings. The predicted octanol–water partition coefficient (Wildman–Crippen LogP) is 5.97. The third-order valence-electron chi connectivity index (χ3n) is 7.08. The highest BCUT2D eigenvalue weighted by molar-refractivity contribution is 6.07. The van der Waals surface area contributed by atoms with Crippen molar-refractivity contribution < 1.29 is 18.6 Å². The summed E-state index contributed by atoms with van der Waals surface area (Å²) in [5.41, 5.74) is 6.09. The molecule has 0 amide bonds. The molecule has 7 rings (SSSR count). The van der Waals surface area contributed by atoms with Crippen molar-refractivity contribution in [2.24, 2.45) is 0 Å². The molecule has 0 fully saturated rings. The predicted molar refractivity (Wildman–Crippen MR) is 132 cm³/mol. The van der Waals surface area contributed by atoms with Gasteiger partial charge in [-0.25, -0.2) is 0 Å². The van der Waals surface area contributed by atoms with Crippen LogP contribution in [0, 0.1) is 0 Å². The van der Waals surface area contributed by atoms with Crippen LogP contribution in [0.1, 0.15) is 30.5 Å². The van der Waals surface area contributed by atoms with Gasteiger partial charge < -0.3 is 9.47 Å². The van der Waals surface area contributed by atoms with Crippen molar-refractivity contribution in [3.63, 3.8) is 0 Å². The van der Waals surface area contributed by atoms with Crippen LogP contribution in [0.3, 0.4) is 0 Å². The summed E-state index contributed by atoms with van der Waals surface area (Å²) in [5, 5.41) is 0. The SMILES string of the molecule is CC1(C)C2=[N+](c3ccccc3)[C@]3(Oc4cc1ccc4C=[N+]3c1ccccc1)Oc1ccccc12. The minimum absolute atomic E-state index is 0.322. The molecule has 1 spiro atoms. The highest BCUT2D eigenvalue weighted by Gasteiger charge is 2.69. The second-order valence-corrected chi connectivity index (χ2v) is 9.48. The Morgan fingerprint density at radius 3 is 2.06 bits per heavy atom. The number of rotatable bonds is 2. The van der Waals surface area contributed by atoms with E-state index >= 15 is 0 Å². The smallest absolute Gasteiger partial charge is 0.340 e. The van der Waals surface area contributed by atoms with E-state index in [2.05, 4.69) is 95.9 Å². The molecule has 4 aromatic rings. The summed E-state index contributed by atoms with van der Waals surface area (Å²) in [7, 11) is 0. The molecule has 0 N–H and O–H groups in total. The Morgan fingerprint density at radius 2 is 1.29 bits per heavy atom. The van der Waals surface area contributed by atoms with E-state index in [1.165, 1.54) is 5.56 Å². The van der Waals surface area contributed by atoms with Crippen LogP contribution in [0.4, 0.5) is 11.4 Å². The Balaban J connectivity index is 1.70. The second kappa shape index (κ2) is 6.67. The third kappa shape index (κ3) is 2.48. The Labute approximate surface area is 198 Å². The molecule has 4 nitrogen and oxygen atoms in total. The van der Waals surface area contributed by atoms with Gasteiger partial charge in [0.25, 0.3) is 0 Å². The maximum atomic E-state index is 6.93. The summed E-state index contributed by atoms with van der Waals surface area (Å²) in [4.78, 5) is 0. The highest BCUT2D eigenvalue weighted by atomic mass is 16.7. The largest absolute Gasteiger partial charge is 0.715 e. The Morgan fingerprint density at radius 1 is 0.647 bits per heavy atom. The van der Waals surface area contributed by atoms with Crippen LogP contribution in [0.15, 0.2) is 103 Å². The Bertz CT molecular complexity index is 1520. The Kier molecular flexibility index (Phi) is 3.79. The molecule has 34 heavy (non-hydrogen) atoms. The van der Waals surface area contributed by atoms with Crippen LogP contribution in [-0.4, -0.2) is 27.1 Å². The van der Waals surface area contributed by atoms with Crippen LogP contribution < -0.4 is 9.47 Å². The molecular formula is C30H24N2O2+2. The van der Waals surface area contributed by atoms with E-state index in [-0.39, 0.29) is 5.41 Å². The van der Waals surface area contributed by atoms with Crippen LogP contribution in [-0.2, 0) is 5.41 Å². The minimum atomic E-state index is -1.27. The summed E-state index contributed by atoms with van der Waals surface area (Å²) < 4.78 is 18.2. The van der Waals surface area contributed by atoms with Gasteiger partial charge in [-0.3, -0.25) is 0 Å². The maximum Gasteiger partial charge on any atom is 0.715 e. The van der Waals surface area contributed by atoms with Gasteiger partial charge in [0, 0.05) is 24.3 Å². The zero-order valence-electron chi connectivity index (χ0n) is 19.1. The maximum absolute atomic E-state index is 6.93. The lowest BCUT2D eigenvalue weighted by Gasteiger charge is -2.38. The fourth-order valence-electron chi connectivity index (χ4n) is 5.41. The first-order chi connectivity index (χ1) is 16.6. The first kappa shape index (κ1) is 19.3. The van der Waals surface area contributed by atoms with Gasteiger partial charge in [0.05, 0.1) is 16.5 Å². The van der Waals surface area contributed by atoms with Gasteiger partial charge >= 0.3 is 6.03 Å². The first-order valence-corrected chi connectivity index (χ1v) is 11.6. The van der Waals surface area contributed by atoms with Gasteiger partial charge in [0.15, 0.2) is 17.7 Å². The van der Waals surface area contributed by atoms with Crippen molar-refractivity contribution in [1.82, 2.24) is 0 Å². The van der Waals surface area contributed by atoms with Gasteiger partial charge in [-0.2, -0.15) is 0 Å². The topological polar surface area (TPSA) is 24.5 Å². The van der Waals surface area contributed by atoms with Crippen molar-refractivity contribution in [2.75, 3.05) is 0 Å². The fourth-order valence-corrected chi connectivity index (χ4v) is 5.41. The molecule has 0 saturated carbocycles. The third-order valence-corrected chi connectivity index (χ3v) is 7.08. The van der Waals surface area contributed by atoms with Crippen molar-refractivity contribution in [3.8, 4) is 11.5 Å². The van der Waals surface area contributed by atoms with Crippen molar-refractivity contribution in [2.45, 2.75) is 25.3 Å². The van der Waals surface area contributed by atoms with Gasteiger partial charge in [-0.1, -0.05) is 59.2 Å².